The maximum atomic E-state index is 15.1. The van der Waals surface area contributed by atoms with Gasteiger partial charge in [0.1, 0.15) is 54.4 Å². The summed E-state index contributed by atoms with van der Waals surface area (Å²) in [4.78, 5) is 168. The fraction of sp³-hybridized carbons (Fsp3) is 0.800. The number of allylic oxidation sites excluding steroid dienone is 2. The van der Waals surface area contributed by atoms with E-state index >= 15 is 4.79 Å². The number of ketones is 1. The van der Waals surface area contributed by atoms with Gasteiger partial charge in [0, 0.05) is 35.2 Å². The van der Waals surface area contributed by atoms with Crippen molar-refractivity contribution >= 4 is 64.9 Å². The van der Waals surface area contributed by atoms with Gasteiger partial charge in [0.15, 0.2) is 5.78 Å². The first-order valence-electron chi connectivity index (χ1n) is 32.2. The van der Waals surface area contributed by atoms with E-state index in [0.717, 1.165) is 9.80 Å². The molecule has 89 heavy (non-hydrogen) atoms. The van der Waals surface area contributed by atoms with Gasteiger partial charge in [-0.1, -0.05) is 116 Å². The normalized spacial score (nSPS) is 28.0. The lowest BCUT2D eigenvalue weighted by molar-refractivity contribution is -0.155. The fourth-order valence-corrected chi connectivity index (χ4v) is 11.6. The maximum absolute atomic E-state index is 15.1. The van der Waals surface area contributed by atoms with Crippen molar-refractivity contribution in [1.29, 1.82) is 0 Å². The van der Waals surface area contributed by atoms with Crippen molar-refractivity contribution in [2.75, 3.05) is 48.8 Å². The van der Waals surface area contributed by atoms with Crippen LogP contribution in [0.3, 0.4) is 0 Å². The minimum Gasteiger partial charge on any atom is -0.391 e. The third kappa shape index (κ3) is 23.3. The molecule has 7 N–H and O–H groups in total. The van der Waals surface area contributed by atoms with Crippen LogP contribution in [0.15, 0.2) is 12.2 Å². The molecule has 1 fully saturated rings. The van der Waals surface area contributed by atoms with Crippen LogP contribution in [0, 0.1) is 41.4 Å². The first-order valence-corrected chi connectivity index (χ1v) is 32.2. The van der Waals surface area contributed by atoms with Gasteiger partial charge in [0.2, 0.25) is 59.1 Å². The van der Waals surface area contributed by atoms with Crippen molar-refractivity contribution in [3.63, 3.8) is 0 Å². The summed E-state index contributed by atoms with van der Waals surface area (Å²) in [5.74, 6) is -10.0. The number of Topliss-reactive ketones (excluding diaryl/α,β-unsaturated/α-hetero) is 1. The molecule has 0 radical (unpaired) electrons. The number of aliphatic hydroxyl groups is 2. The summed E-state index contributed by atoms with van der Waals surface area (Å²) >= 11 is 0. The van der Waals surface area contributed by atoms with Crippen molar-refractivity contribution in [3.05, 3.63) is 12.2 Å². The van der Waals surface area contributed by atoms with E-state index in [9.17, 15) is 58.2 Å². The Bertz CT molecular complexity index is 2420. The van der Waals surface area contributed by atoms with Crippen LogP contribution < -0.4 is 26.6 Å². The van der Waals surface area contributed by atoms with Gasteiger partial charge in [-0.15, -0.1) is 0 Å². The molecule has 510 valence electrons. The Labute approximate surface area is 532 Å². The molecule has 0 aromatic rings. The topological polar surface area (TPSA) is 308 Å². The van der Waals surface area contributed by atoms with Crippen LogP contribution in [0.5, 0.6) is 0 Å². The summed E-state index contributed by atoms with van der Waals surface area (Å²) in [5, 5.41) is 37.2. The van der Waals surface area contributed by atoms with Crippen molar-refractivity contribution < 1.29 is 63.0 Å². The van der Waals surface area contributed by atoms with Crippen molar-refractivity contribution in [1.82, 2.24) is 56.0 Å². The van der Waals surface area contributed by atoms with Gasteiger partial charge >= 0.3 is 0 Å². The molecule has 1 saturated heterocycles. The lowest BCUT2D eigenvalue weighted by atomic mass is 9.91. The summed E-state index contributed by atoms with van der Waals surface area (Å²) in [5.41, 5.74) is 0. The average molecular weight is 1260 g/mol. The molecule has 0 bridgehead atoms. The molecule has 1 heterocycles. The van der Waals surface area contributed by atoms with E-state index in [0.29, 0.717) is 6.42 Å². The second kappa shape index (κ2) is 37.4. The van der Waals surface area contributed by atoms with Crippen molar-refractivity contribution in [3.8, 4) is 0 Å². The fourth-order valence-electron chi connectivity index (χ4n) is 11.6. The van der Waals surface area contributed by atoms with E-state index in [1.54, 1.807) is 58.7 Å². The Kier molecular flexibility index (Phi) is 34.0. The summed E-state index contributed by atoms with van der Waals surface area (Å²) in [6.45, 7) is 30.9. The van der Waals surface area contributed by atoms with Gasteiger partial charge in [-0.25, -0.2) is 0 Å². The molecule has 0 saturated carbocycles. The standard InChI is InChI=1S/C65H117N11O13/c1-25-28-29-41(15)55(79)54-60(84)70-51(44(18)77)64(88)72(20)47(27-3)50(78)34-71(19)53(40(14)26-2)59(83)69-45(30-35(4)5)62(86)74(22)48(32-37(8)9)57(81)66-42(16)56(80)67-43(17)61(85)73(21)49(33-38(10)11)58(82)68-46(31-36(6)7)63(87)75(23)52(39(12)13)65(89)76(54)24/h25,28,35-49,51-55,77,79H,26-27,29-34H2,1-24H3,(H,66,81)(H,67,80)(H,68,82)(H,69,83)(H,70,84)/b28-25-/t40?,41?,42?,43?,44?,45?,46?,47?,48?,49?,51?,52?,53-,54?,55?/m0/s1. The number of likely N-dealkylation sites (N-methyl/N-ethyl adjacent to an activating group) is 6. The molecule has 0 aliphatic carbocycles. The third-order valence-electron chi connectivity index (χ3n) is 17.0. The predicted molar refractivity (Wildman–Crippen MR) is 344 cm³/mol. The molecule has 1 aliphatic rings. The highest BCUT2D eigenvalue weighted by atomic mass is 16.3. The van der Waals surface area contributed by atoms with E-state index < -0.39 is 155 Å². The summed E-state index contributed by atoms with van der Waals surface area (Å²) in [7, 11) is 8.49. The Morgan fingerprint density at radius 3 is 1.33 bits per heavy atom. The molecule has 0 aromatic heterocycles. The molecule has 0 aromatic carbocycles. The van der Waals surface area contributed by atoms with Gasteiger partial charge < -0.3 is 61.3 Å². The van der Waals surface area contributed by atoms with Gasteiger partial charge in [-0.2, -0.15) is 0 Å². The molecule has 1 rings (SSSR count). The highest BCUT2D eigenvalue weighted by Gasteiger charge is 2.46. The quantitative estimate of drug-likeness (QED) is 0.103. The molecule has 0 spiro atoms. The van der Waals surface area contributed by atoms with Crippen LogP contribution in [0.2, 0.25) is 0 Å². The van der Waals surface area contributed by atoms with Gasteiger partial charge in [-0.05, 0) is 115 Å². The van der Waals surface area contributed by atoms with Crippen LogP contribution in [0.1, 0.15) is 170 Å². The smallest absolute Gasteiger partial charge is 0.248 e. The first-order chi connectivity index (χ1) is 41.1. The lowest BCUT2D eigenvalue weighted by Crippen LogP contribution is -2.64. The van der Waals surface area contributed by atoms with Crippen molar-refractivity contribution in [2.45, 2.75) is 248 Å². The van der Waals surface area contributed by atoms with Crippen LogP contribution >= 0.6 is 0 Å². The minimum atomic E-state index is -1.72. The SMILES string of the molecule is C/C=C\CC(C)C(O)C1C(=O)NC(C(C)O)C(=O)N(C)C(CC)C(=O)CN(C)[C@@H](C(C)CC)C(=O)NC(CC(C)C)C(=O)N(C)C(CC(C)C)C(=O)NC(C)C(=O)NC(C)C(=O)N(C)C(CC(C)C)C(=O)NC(CC(C)C)C(=O)N(C)C(C(C)C)C(=O)N1C. The summed E-state index contributed by atoms with van der Waals surface area (Å²) < 4.78 is 0. The maximum Gasteiger partial charge on any atom is 0.248 e. The van der Waals surface area contributed by atoms with E-state index in [1.807, 2.05) is 69.2 Å². The Balaban J connectivity index is 4.38. The van der Waals surface area contributed by atoms with E-state index in [4.69, 9.17) is 0 Å². The predicted octanol–water partition coefficient (Wildman–Crippen LogP) is 3.11. The van der Waals surface area contributed by atoms with Crippen LogP contribution in [-0.2, 0) is 52.7 Å². The summed E-state index contributed by atoms with van der Waals surface area (Å²) in [6, 6.07) is -14.1. The second-order valence-corrected chi connectivity index (χ2v) is 27.1. The minimum absolute atomic E-state index is 0.0708. The van der Waals surface area contributed by atoms with Gasteiger partial charge in [0.05, 0.1) is 30.8 Å². The lowest BCUT2D eigenvalue weighted by Gasteiger charge is -2.40. The number of amides is 10. The molecule has 15 atom stereocenters. The van der Waals surface area contributed by atoms with Crippen molar-refractivity contribution in [2.24, 2.45) is 41.4 Å². The molecular weight excluding hydrogens is 1140 g/mol. The zero-order chi connectivity index (χ0) is 69.0. The van der Waals surface area contributed by atoms with Gasteiger partial charge in [-0.3, -0.25) is 57.6 Å². The van der Waals surface area contributed by atoms with Crippen LogP contribution in [0.25, 0.3) is 0 Å². The molecule has 14 unspecified atom stereocenters. The zero-order valence-electron chi connectivity index (χ0n) is 58.4. The van der Waals surface area contributed by atoms with E-state index in [1.165, 1.54) is 70.7 Å². The summed E-state index contributed by atoms with van der Waals surface area (Å²) in [6.07, 6.45) is 1.73. The van der Waals surface area contributed by atoms with E-state index in [2.05, 4.69) is 26.6 Å². The number of carbonyl (C=O) groups is 11. The average Bonchev–Trinajstić information content (AvgIpc) is 0.973. The number of hydrogen-bond donors (Lipinski definition) is 7. The monoisotopic (exact) mass is 1260 g/mol. The zero-order valence-corrected chi connectivity index (χ0v) is 58.4. The number of aliphatic hydroxyl groups excluding tert-OH is 2. The van der Waals surface area contributed by atoms with Crippen LogP contribution in [0.4, 0.5) is 0 Å². The molecular formula is C65H117N11O13. The second-order valence-electron chi connectivity index (χ2n) is 27.1. The van der Waals surface area contributed by atoms with E-state index in [-0.39, 0.29) is 74.7 Å². The number of nitrogens with one attached hydrogen (secondary N) is 5. The highest BCUT2D eigenvalue weighted by Crippen LogP contribution is 2.25. The Morgan fingerprint density at radius 1 is 0.472 bits per heavy atom. The molecule has 10 amide bonds. The highest BCUT2D eigenvalue weighted by molar-refractivity contribution is 5.99. The molecule has 1 aliphatic heterocycles. The third-order valence-corrected chi connectivity index (χ3v) is 17.0. The molecule has 24 heteroatoms. The number of carbonyl (C=O) groups excluding carboxylic acids is 11. The van der Waals surface area contributed by atoms with Crippen LogP contribution in [-0.4, -0.2) is 232 Å². The Hall–Kier alpha value is -6.01. The number of hydrogen-bond acceptors (Lipinski definition) is 14. The largest absolute Gasteiger partial charge is 0.391 e. The number of nitrogens with zero attached hydrogens (tertiary/aromatic N) is 6. The number of rotatable bonds is 17. The molecule has 24 nitrogen and oxygen atoms in total. The first kappa shape index (κ1) is 81.0. The Morgan fingerprint density at radius 2 is 0.888 bits per heavy atom. The van der Waals surface area contributed by atoms with Gasteiger partial charge in [0.25, 0.3) is 0 Å².